The van der Waals surface area contributed by atoms with Gasteiger partial charge in [0.25, 0.3) is 10.0 Å². The molecule has 0 fully saturated rings. The molecule has 6 nitrogen and oxygen atoms in total. The molecule has 4 rings (SSSR count). The van der Waals surface area contributed by atoms with Gasteiger partial charge in [0, 0.05) is 22.5 Å². The summed E-state index contributed by atoms with van der Waals surface area (Å²) >= 11 is 2.65. The van der Waals surface area contributed by atoms with Gasteiger partial charge >= 0.3 is 0 Å². The fraction of sp³-hybridized carbons (Fsp3) is 0.125. The van der Waals surface area contributed by atoms with Crippen LogP contribution in [-0.2, 0) is 16.4 Å². The second-order valence-electron chi connectivity index (χ2n) is 7.38. The predicted octanol–water partition coefficient (Wildman–Crippen LogP) is 5.83. The van der Waals surface area contributed by atoms with E-state index in [4.69, 9.17) is 0 Å². The molecule has 0 aliphatic heterocycles. The van der Waals surface area contributed by atoms with Crippen molar-refractivity contribution in [2.45, 2.75) is 25.2 Å². The largest absolute Gasteiger partial charge is 0.263 e. The highest BCUT2D eigenvalue weighted by molar-refractivity contribution is 7.93. The van der Waals surface area contributed by atoms with Crippen LogP contribution >= 0.6 is 22.7 Å². The number of nitriles is 1. The molecule has 0 atom stereocenters. The molecule has 0 aliphatic rings. The molecule has 2 heterocycles. The molecule has 2 aromatic heterocycles. The molecule has 0 aliphatic carbocycles. The number of nitrogens with one attached hydrogen (secondary N) is 1. The Labute approximate surface area is 201 Å². The lowest BCUT2D eigenvalue weighted by molar-refractivity contribution is 0.601. The Morgan fingerprint density at radius 3 is 2.61 bits per heavy atom. The van der Waals surface area contributed by atoms with Gasteiger partial charge in [0.15, 0.2) is 5.13 Å². The quantitative estimate of drug-likeness (QED) is 0.327. The van der Waals surface area contributed by atoms with Crippen molar-refractivity contribution in [3.63, 3.8) is 0 Å². The average molecular weight is 493 g/mol. The van der Waals surface area contributed by atoms with Crippen molar-refractivity contribution in [2.24, 2.45) is 0 Å². The van der Waals surface area contributed by atoms with E-state index in [1.807, 2.05) is 11.5 Å². The lowest BCUT2D eigenvalue weighted by Gasteiger charge is -2.06. The van der Waals surface area contributed by atoms with Gasteiger partial charge in [-0.2, -0.15) is 5.26 Å². The first kappa shape index (κ1) is 22.9. The number of sulfonamides is 1. The lowest BCUT2D eigenvalue weighted by atomic mass is 10.0. The van der Waals surface area contributed by atoms with E-state index < -0.39 is 10.0 Å². The summed E-state index contributed by atoms with van der Waals surface area (Å²) in [5, 5.41) is 14.3. The zero-order valence-electron chi connectivity index (χ0n) is 17.9. The molecule has 0 amide bonds. The maximum absolute atomic E-state index is 12.5. The second-order valence-corrected chi connectivity index (χ2v) is 10.8. The molecule has 4 aromatic rings. The van der Waals surface area contributed by atoms with Crippen molar-refractivity contribution in [2.75, 3.05) is 4.72 Å². The summed E-state index contributed by atoms with van der Waals surface area (Å²) < 4.78 is 27.4. The third-order valence-electron chi connectivity index (χ3n) is 4.94. The summed E-state index contributed by atoms with van der Waals surface area (Å²) in [6.07, 6.45) is 3.85. The monoisotopic (exact) mass is 492 g/mol. The topological polar surface area (TPSA) is 95.7 Å². The molecule has 0 unspecified atom stereocenters. The number of aromatic nitrogens is 2. The molecule has 0 radical (unpaired) electrons. The highest BCUT2D eigenvalue weighted by Gasteiger charge is 2.15. The molecule has 0 spiro atoms. The molecular weight excluding hydrogens is 472 g/mol. The van der Waals surface area contributed by atoms with Crippen LogP contribution in [0.2, 0.25) is 0 Å². The van der Waals surface area contributed by atoms with E-state index in [9.17, 15) is 13.7 Å². The number of hydrogen-bond acceptors (Lipinski definition) is 7. The zero-order valence-corrected chi connectivity index (χ0v) is 20.4. The van der Waals surface area contributed by atoms with Crippen LogP contribution in [0.4, 0.5) is 5.13 Å². The summed E-state index contributed by atoms with van der Waals surface area (Å²) in [6, 6.07) is 15.0. The molecule has 0 bridgehead atoms. The van der Waals surface area contributed by atoms with Crippen molar-refractivity contribution in [1.29, 1.82) is 5.26 Å². The third-order valence-corrected chi connectivity index (χ3v) is 7.99. The van der Waals surface area contributed by atoms with Crippen molar-refractivity contribution in [3.05, 3.63) is 87.2 Å². The van der Waals surface area contributed by atoms with E-state index in [1.165, 1.54) is 34.4 Å². The summed E-state index contributed by atoms with van der Waals surface area (Å²) in [5.74, 6) is 0. The number of hydrogen-bond donors (Lipinski definition) is 1. The molecule has 0 saturated carbocycles. The number of rotatable bonds is 7. The molecule has 2 aromatic carbocycles. The number of aryl methyl sites for hydroxylation is 2. The number of benzene rings is 2. The lowest BCUT2D eigenvalue weighted by Crippen LogP contribution is -2.12. The predicted molar refractivity (Wildman–Crippen MR) is 134 cm³/mol. The Hall–Kier alpha value is -3.32. The Morgan fingerprint density at radius 1 is 1.15 bits per heavy atom. The van der Waals surface area contributed by atoms with Crippen molar-refractivity contribution in [1.82, 2.24) is 9.97 Å². The molecule has 166 valence electrons. The Bertz CT molecular complexity index is 1450. The van der Waals surface area contributed by atoms with Crippen LogP contribution in [0.5, 0.6) is 0 Å². The van der Waals surface area contributed by atoms with Gasteiger partial charge < -0.3 is 0 Å². The van der Waals surface area contributed by atoms with E-state index in [0.29, 0.717) is 22.1 Å². The SMILES string of the molecule is Cc1ccc(-c2csc(C(C#N)=CCc3ccc(S(=O)(=O)Nc4nccs4)cc3)n2)c(C)c1. The number of thiazole rings is 2. The molecule has 33 heavy (non-hydrogen) atoms. The van der Waals surface area contributed by atoms with Gasteiger partial charge in [-0.1, -0.05) is 42.0 Å². The maximum atomic E-state index is 12.5. The maximum Gasteiger partial charge on any atom is 0.263 e. The molecule has 1 N–H and O–H groups in total. The van der Waals surface area contributed by atoms with Crippen molar-refractivity contribution >= 4 is 43.4 Å². The smallest absolute Gasteiger partial charge is 0.255 e. The normalized spacial score (nSPS) is 11.8. The first-order valence-corrected chi connectivity index (χ1v) is 13.2. The summed E-state index contributed by atoms with van der Waals surface area (Å²) in [6.45, 7) is 4.11. The van der Waals surface area contributed by atoms with E-state index in [1.54, 1.807) is 29.6 Å². The zero-order chi connectivity index (χ0) is 23.4. The van der Waals surface area contributed by atoms with Crippen LogP contribution in [0.15, 0.2) is 70.4 Å². The first-order valence-electron chi connectivity index (χ1n) is 10.0. The molecular formula is C24H20N4O2S3. The van der Waals surface area contributed by atoms with E-state index >= 15 is 0 Å². The van der Waals surface area contributed by atoms with Crippen molar-refractivity contribution in [3.8, 4) is 17.3 Å². The van der Waals surface area contributed by atoms with Gasteiger partial charge in [0.2, 0.25) is 0 Å². The van der Waals surface area contributed by atoms with Crippen LogP contribution in [0.25, 0.3) is 16.8 Å². The van der Waals surface area contributed by atoms with Crippen LogP contribution in [-0.4, -0.2) is 18.4 Å². The Balaban J connectivity index is 1.49. The van der Waals surface area contributed by atoms with Gasteiger partial charge in [-0.05, 0) is 43.5 Å². The standard InChI is InChI=1S/C24H20N4O2S3/c1-16-3-10-21(17(2)13-16)22-15-32-23(27-22)19(14-25)7-4-18-5-8-20(9-6-18)33(29,30)28-24-26-11-12-31-24/h3,5-13,15H,4H2,1-2H3,(H,26,28). The Morgan fingerprint density at radius 2 is 1.94 bits per heavy atom. The average Bonchev–Trinajstić information content (AvgIpc) is 3.47. The van der Waals surface area contributed by atoms with Crippen LogP contribution in [0.3, 0.4) is 0 Å². The van der Waals surface area contributed by atoms with Gasteiger partial charge in [-0.3, -0.25) is 4.72 Å². The highest BCUT2D eigenvalue weighted by atomic mass is 32.2. The summed E-state index contributed by atoms with van der Waals surface area (Å²) in [5.41, 5.74) is 5.65. The van der Waals surface area contributed by atoms with Gasteiger partial charge in [0.05, 0.1) is 16.2 Å². The van der Waals surface area contributed by atoms with E-state index in [-0.39, 0.29) is 4.90 Å². The van der Waals surface area contributed by atoms with Gasteiger partial charge in [0.1, 0.15) is 11.1 Å². The van der Waals surface area contributed by atoms with Crippen LogP contribution in [0.1, 0.15) is 21.7 Å². The first-order chi connectivity index (χ1) is 15.9. The minimum atomic E-state index is -3.69. The molecule has 0 saturated heterocycles. The van der Waals surface area contributed by atoms with Crippen LogP contribution in [0, 0.1) is 25.2 Å². The second kappa shape index (κ2) is 9.67. The van der Waals surface area contributed by atoms with Crippen molar-refractivity contribution < 1.29 is 8.42 Å². The minimum absolute atomic E-state index is 0.156. The number of anilines is 1. The Kier molecular flexibility index (Phi) is 6.70. The van der Waals surface area contributed by atoms with E-state index in [2.05, 4.69) is 52.8 Å². The highest BCUT2D eigenvalue weighted by Crippen LogP contribution is 2.29. The number of nitrogens with zero attached hydrogens (tertiary/aromatic N) is 3. The van der Waals surface area contributed by atoms with Gasteiger partial charge in [-0.25, -0.2) is 18.4 Å². The van der Waals surface area contributed by atoms with E-state index in [0.717, 1.165) is 22.4 Å². The summed E-state index contributed by atoms with van der Waals surface area (Å²) in [4.78, 5) is 8.77. The summed E-state index contributed by atoms with van der Waals surface area (Å²) in [7, 11) is -3.69. The fourth-order valence-corrected chi connectivity index (χ4v) is 5.87. The van der Waals surface area contributed by atoms with Crippen LogP contribution < -0.4 is 4.72 Å². The number of allylic oxidation sites excluding steroid dienone is 2. The fourth-order valence-electron chi connectivity index (χ4n) is 3.28. The molecule has 9 heteroatoms. The van der Waals surface area contributed by atoms with Gasteiger partial charge in [-0.15, -0.1) is 22.7 Å². The minimum Gasteiger partial charge on any atom is -0.255 e. The third kappa shape index (κ3) is 5.37.